The number of methoxy groups -OCH3 is 2. The molecule has 2 aromatic heterocycles. The molecule has 0 amide bonds. The first-order valence-electron chi connectivity index (χ1n) is 9.73. The van der Waals surface area contributed by atoms with Gasteiger partial charge in [-0.05, 0) is 25.0 Å². The maximum atomic E-state index is 11.3. The van der Waals surface area contributed by atoms with E-state index in [4.69, 9.17) is 36.1 Å². The van der Waals surface area contributed by atoms with Crippen molar-refractivity contribution >= 4 is 30.7 Å². The number of halogens is 1. The smallest absolute Gasteiger partial charge is 0.400 e. The SMILES string of the molecule is COc1cc(OC)c(-c2cn3ccc(N4CCC(OP(N)(=O)O)CC4)cc3n2)cc1Cl. The molecule has 1 aromatic carbocycles. The quantitative estimate of drug-likeness (QED) is 0.529. The number of pyridine rings is 1. The summed E-state index contributed by atoms with van der Waals surface area (Å²) in [5.74, 6) is 1.15. The Balaban J connectivity index is 1.57. The van der Waals surface area contributed by atoms with Crippen LogP contribution < -0.4 is 19.9 Å². The Morgan fingerprint density at radius 1 is 1.19 bits per heavy atom. The van der Waals surface area contributed by atoms with Crippen molar-refractivity contribution in [2.45, 2.75) is 18.9 Å². The van der Waals surface area contributed by atoms with Crippen LogP contribution in [0.4, 0.5) is 5.69 Å². The molecule has 31 heavy (non-hydrogen) atoms. The molecule has 1 unspecified atom stereocenters. The van der Waals surface area contributed by atoms with Crippen LogP contribution in [0.2, 0.25) is 5.02 Å². The summed E-state index contributed by atoms with van der Waals surface area (Å²) in [7, 11) is -0.813. The second kappa shape index (κ2) is 8.68. The van der Waals surface area contributed by atoms with Gasteiger partial charge in [-0.3, -0.25) is 4.52 Å². The van der Waals surface area contributed by atoms with Crippen LogP contribution in [0.3, 0.4) is 0 Å². The van der Waals surface area contributed by atoms with E-state index in [0.717, 1.165) is 22.6 Å². The van der Waals surface area contributed by atoms with Crippen LogP contribution in [-0.4, -0.2) is 47.7 Å². The minimum Gasteiger partial charge on any atom is -0.496 e. The van der Waals surface area contributed by atoms with Gasteiger partial charge in [0.2, 0.25) is 0 Å². The van der Waals surface area contributed by atoms with Crippen molar-refractivity contribution in [1.29, 1.82) is 0 Å². The Kier molecular flexibility index (Phi) is 6.14. The third-order valence-corrected chi connectivity index (χ3v) is 6.20. The van der Waals surface area contributed by atoms with Gasteiger partial charge in [0, 0.05) is 48.9 Å². The van der Waals surface area contributed by atoms with Crippen LogP contribution in [0.5, 0.6) is 11.5 Å². The summed E-state index contributed by atoms with van der Waals surface area (Å²) in [6.45, 7) is 1.38. The van der Waals surface area contributed by atoms with Crippen molar-refractivity contribution in [2.75, 3.05) is 32.2 Å². The van der Waals surface area contributed by atoms with Gasteiger partial charge in [-0.1, -0.05) is 11.6 Å². The Bertz CT molecular complexity index is 1140. The van der Waals surface area contributed by atoms with E-state index in [-0.39, 0.29) is 6.10 Å². The molecule has 9 nitrogen and oxygen atoms in total. The Morgan fingerprint density at radius 2 is 1.90 bits per heavy atom. The number of hydrogen-bond acceptors (Lipinski definition) is 6. The maximum absolute atomic E-state index is 11.3. The number of nitrogens with two attached hydrogens (primary N) is 1. The van der Waals surface area contributed by atoms with Gasteiger partial charge in [0.1, 0.15) is 17.1 Å². The molecule has 1 aliphatic heterocycles. The van der Waals surface area contributed by atoms with Gasteiger partial charge in [0.25, 0.3) is 0 Å². The van der Waals surface area contributed by atoms with Crippen LogP contribution in [0.1, 0.15) is 12.8 Å². The molecule has 0 aliphatic carbocycles. The van der Waals surface area contributed by atoms with Gasteiger partial charge in [0.05, 0.1) is 31.0 Å². The number of fused-ring (bicyclic) bond motifs is 1. The fourth-order valence-corrected chi connectivity index (χ4v) is 4.67. The third-order valence-electron chi connectivity index (χ3n) is 5.30. The number of nitrogens with zero attached hydrogens (tertiary/aromatic N) is 3. The van der Waals surface area contributed by atoms with E-state index in [0.29, 0.717) is 42.5 Å². The predicted molar refractivity (Wildman–Crippen MR) is 119 cm³/mol. The first-order chi connectivity index (χ1) is 14.8. The van der Waals surface area contributed by atoms with Crippen molar-refractivity contribution in [1.82, 2.24) is 9.38 Å². The Hall–Kier alpha value is -2.29. The molecule has 4 rings (SSSR count). The Labute approximate surface area is 184 Å². The molecule has 166 valence electrons. The molecule has 1 aliphatic rings. The van der Waals surface area contributed by atoms with Crippen molar-refractivity contribution in [2.24, 2.45) is 5.50 Å². The molecule has 0 radical (unpaired) electrons. The summed E-state index contributed by atoms with van der Waals surface area (Å²) >= 11 is 6.31. The highest BCUT2D eigenvalue weighted by atomic mass is 35.5. The zero-order valence-corrected chi connectivity index (χ0v) is 18.8. The van der Waals surface area contributed by atoms with Crippen LogP contribution >= 0.6 is 19.3 Å². The van der Waals surface area contributed by atoms with Crippen LogP contribution in [0, 0.1) is 0 Å². The Morgan fingerprint density at radius 3 is 2.55 bits per heavy atom. The number of piperidine rings is 1. The number of benzene rings is 1. The lowest BCUT2D eigenvalue weighted by molar-refractivity contribution is 0.148. The third kappa shape index (κ3) is 4.81. The number of imidazole rings is 1. The van der Waals surface area contributed by atoms with E-state index < -0.39 is 7.75 Å². The lowest BCUT2D eigenvalue weighted by Crippen LogP contribution is -2.37. The van der Waals surface area contributed by atoms with Crippen LogP contribution in [0.25, 0.3) is 16.9 Å². The second-order valence-corrected chi connectivity index (χ2v) is 9.07. The van der Waals surface area contributed by atoms with Crippen molar-refractivity contribution in [3.63, 3.8) is 0 Å². The van der Waals surface area contributed by atoms with Crippen LogP contribution in [0.15, 0.2) is 36.7 Å². The summed E-state index contributed by atoms with van der Waals surface area (Å²) in [6, 6.07) is 7.54. The molecule has 0 bridgehead atoms. The summed E-state index contributed by atoms with van der Waals surface area (Å²) in [4.78, 5) is 16.2. The maximum Gasteiger partial charge on any atom is 0.400 e. The zero-order chi connectivity index (χ0) is 22.2. The van der Waals surface area contributed by atoms with Gasteiger partial charge in [-0.25, -0.2) is 15.1 Å². The standard InChI is InChI=1S/C20H24ClN4O5P/c1-28-18-11-19(29-2)16(21)10-15(18)17-12-25-6-3-13(9-20(25)23-17)24-7-4-14(5-8-24)30-31(22,26)27/h3,6,9-12,14H,4-5,7-8H2,1-2H3,(H3,22,26,27). The van der Waals surface area contributed by atoms with Crippen molar-refractivity contribution in [3.05, 3.63) is 41.7 Å². The molecular formula is C20H24ClN4O5P. The van der Waals surface area contributed by atoms with E-state index in [1.54, 1.807) is 26.4 Å². The highest BCUT2D eigenvalue weighted by Gasteiger charge is 2.26. The second-order valence-electron chi connectivity index (χ2n) is 7.32. The number of aromatic nitrogens is 2. The lowest BCUT2D eigenvalue weighted by atomic mass is 10.1. The molecular weight excluding hydrogens is 443 g/mol. The highest BCUT2D eigenvalue weighted by molar-refractivity contribution is 7.50. The number of anilines is 1. The summed E-state index contributed by atoms with van der Waals surface area (Å²) in [5, 5.41) is 0.478. The number of rotatable bonds is 6. The van der Waals surface area contributed by atoms with Gasteiger partial charge < -0.3 is 23.7 Å². The first kappa shape index (κ1) is 21.9. The minimum atomic E-state index is -3.96. The number of hydrogen-bond donors (Lipinski definition) is 2. The summed E-state index contributed by atoms with van der Waals surface area (Å²) in [6.07, 6.45) is 4.79. The van der Waals surface area contributed by atoms with E-state index in [2.05, 4.69) is 4.90 Å². The van der Waals surface area contributed by atoms with E-state index >= 15 is 0 Å². The molecule has 11 heteroatoms. The van der Waals surface area contributed by atoms with Gasteiger partial charge in [-0.15, -0.1) is 0 Å². The topological polar surface area (TPSA) is 112 Å². The van der Waals surface area contributed by atoms with Gasteiger partial charge in [-0.2, -0.15) is 0 Å². The predicted octanol–water partition coefficient (Wildman–Crippen LogP) is 3.72. The van der Waals surface area contributed by atoms with Crippen LogP contribution in [-0.2, 0) is 9.09 Å². The molecule has 1 saturated heterocycles. The fraction of sp³-hybridized carbons (Fsp3) is 0.350. The van der Waals surface area contributed by atoms with Crippen molar-refractivity contribution < 1.29 is 23.5 Å². The summed E-state index contributed by atoms with van der Waals surface area (Å²) < 4.78 is 29.0. The lowest BCUT2D eigenvalue weighted by Gasteiger charge is -2.33. The highest BCUT2D eigenvalue weighted by Crippen LogP contribution is 2.39. The van der Waals surface area contributed by atoms with E-state index in [9.17, 15) is 9.46 Å². The summed E-state index contributed by atoms with van der Waals surface area (Å²) in [5.41, 5.74) is 8.41. The largest absolute Gasteiger partial charge is 0.496 e. The molecule has 0 spiro atoms. The fourth-order valence-electron chi connectivity index (χ4n) is 3.79. The van der Waals surface area contributed by atoms with E-state index in [1.807, 2.05) is 28.9 Å². The number of ether oxygens (including phenoxy) is 2. The molecule has 3 N–H and O–H groups in total. The molecule has 3 heterocycles. The minimum absolute atomic E-state index is 0.314. The van der Waals surface area contributed by atoms with Gasteiger partial charge >= 0.3 is 7.75 Å². The molecule has 3 aromatic rings. The average Bonchev–Trinajstić information content (AvgIpc) is 3.16. The average molecular weight is 467 g/mol. The molecule has 0 saturated carbocycles. The zero-order valence-electron chi connectivity index (χ0n) is 17.2. The monoisotopic (exact) mass is 466 g/mol. The van der Waals surface area contributed by atoms with Crippen molar-refractivity contribution in [3.8, 4) is 22.8 Å². The van der Waals surface area contributed by atoms with E-state index in [1.165, 1.54) is 0 Å². The normalized spacial score (nSPS) is 17.0. The molecule has 1 atom stereocenters. The first-order valence-corrected chi connectivity index (χ1v) is 11.7. The van der Waals surface area contributed by atoms with Gasteiger partial charge in [0.15, 0.2) is 0 Å². The molecule has 1 fully saturated rings.